The fourth-order valence-corrected chi connectivity index (χ4v) is 4.95. The Labute approximate surface area is 209 Å². The van der Waals surface area contributed by atoms with E-state index in [9.17, 15) is 9.59 Å². The number of fused-ring (bicyclic) bond motifs is 1. The first-order chi connectivity index (χ1) is 16.4. The summed E-state index contributed by atoms with van der Waals surface area (Å²) in [7, 11) is 0. The van der Waals surface area contributed by atoms with Crippen molar-refractivity contribution < 1.29 is 9.59 Å². The second kappa shape index (κ2) is 10.8. The lowest BCUT2D eigenvalue weighted by Gasteiger charge is -2.15. The average molecular weight is 513 g/mol. The minimum atomic E-state index is -0.415. The summed E-state index contributed by atoms with van der Waals surface area (Å²) in [6.07, 6.45) is 1.71. The standard InChI is InChI=1S/C23H21ClN6O2S2/c1-3-12-30-20(14(2)25-21(32)15-8-10-16(24)11-9-15)28-29-23(30)33-13-19(31)27-22-26-17-6-4-5-7-18(17)34-22/h3-11,14H,1,12-13H2,2H3,(H,25,32)(H,26,27,31)/t14-/m1/s1. The van der Waals surface area contributed by atoms with Crippen LogP contribution >= 0.6 is 34.7 Å². The number of nitrogens with zero attached hydrogens (tertiary/aromatic N) is 4. The van der Waals surface area contributed by atoms with Crippen LogP contribution < -0.4 is 10.6 Å². The summed E-state index contributed by atoms with van der Waals surface area (Å²) in [5.74, 6) is 0.261. The Morgan fingerprint density at radius 2 is 1.97 bits per heavy atom. The van der Waals surface area contributed by atoms with E-state index < -0.39 is 6.04 Å². The number of benzene rings is 2. The molecule has 2 aromatic heterocycles. The molecule has 4 aromatic rings. The summed E-state index contributed by atoms with van der Waals surface area (Å²) in [5, 5.41) is 15.9. The number of halogens is 1. The fourth-order valence-electron chi connectivity index (χ4n) is 3.18. The number of carbonyl (C=O) groups is 2. The highest BCUT2D eigenvalue weighted by Gasteiger charge is 2.20. The molecule has 1 atom stereocenters. The molecule has 0 spiro atoms. The lowest BCUT2D eigenvalue weighted by atomic mass is 10.2. The van der Waals surface area contributed by atoms with Crippen LogP contribution in [0, 0.1) is 0 Å². The van der Waals surface area contributed by atoms with Gasteiger partial charge in [0.25, 0.3) is 5.91 Å². The third-order valence-electron chi connectivity index (χ3n) is 4.77. The van der Waals surface area contributed by atoms with E-state index in [1.54, 1.807) is 30.3 Å². The average Bonchev–Trinajstić information content (AvgIpc) is 3.41. The van der Waals surface area contributed by atoms with E-state index in [0.717, 1.165) is 10.2 Å². The molecule has 11 heteroatoms. The molecule has 0 fully saturated rings. The van der Waals surface area contributed by atoms with Crippen LogP contribution in [0.1, 0.15) is 29.1 Å². The van der Waals surface area contributed by atoms with Crippen molar-refractivity contribution >= 4 is 61.9 Å². The van der Waals surface area contributed by atoms with Crippen LogP contribution in [0.15, 0.2) is 66.3 Å². The Morgan fingerprint density at radius 3 is 2.71 bits per heavy atom. The fraction of sp³-hybridized carbons (Fsp3) is 0.174. The molecule has 0 aliphatic heterocycles. The number of allylic oxidation sites excluding steroid dienone is 1. The molecule has 0 saturated heterocycles. The Kier molecular flexibility index (Phi) is 7.61. The molecular formula is C23H21ClN6O2S2. The predicted octanol–water partition coefficient (Wildman–Crippen LogP) is 4.95. The Hall–Kier alpha value is -3.21. The largest absolute Gasteiger partial charge is 0.342 e. The Morgan fingerprint density at radius 1 is 1.21 bits per heavy atom. The van der Waals surface area contributed by atoms with Gasteiger partial charge in [-0.25, -0.2) is 4.98 Å². The van der Waals surface area contributed by atoms with E-state index in [-0.39, 0.29) is 17.6 Å². The summed E-state index contributed by atoms with van der Waals surface area (Å²) in [6, 6.07) is 13.9. The van der Waals surface area contributed by atoms with Crippen LogP contribution in [-0.4, -0.2) is 37.3 Å². The van der Waals surface area contributed by atoms with Crippen LogP contribution in [0.4, 0.5) is 5.13 Å². The van der Waals surface area contributed by atoms with Gasteiger partial charge in [-0.15, -0.1) is 16.8 Å². The molecule has 174 valence electrons. The number of hydrogen-bond donors (Lipinski definition) is 2. The molecular weight excluding hydrogens is 492 g/mol. The van der Waals surface area contributed by atoms with Crippen LogP contribution in [0.25, 0.3) is 10.2 Å². The minimum Gasteiger partial charge on any atom is -0.342 e. The molecule has 0 saturated carbocycles. The molecule has 2 aromatic carbocycles. The van der Waals surface area contributed by atoms with Gasteiger partial charge in [0.05, 0.1) is 22.0 Å². The number of para-hydroxylation sites is 1. The molecule has 0 aliphatic carbocycles. The number of hydrogen-bond acceptors (Lipinski definition) is 7. The maximum absolute atomic E-state index is 12.6. The van der Waals surface area contributed by atoms with Crippen LogP contribution in [0.5, 0.6) is 0 Å². The van der Waals surface area contributed by atoms with Crippen molar-refractivity contribution in [2.24, 2.45) is 0 Å². The van der Waals surface area contributed by atoms with Crippen molar-refractivity contribution in [1.29, 1.82) is 0 Å². The number of nitrogens with one attached hydrogen (secondary N) is 2. The molecule has 2 N–H and O–H groups in total. The van der Waals surface area contributed by atoms with E-state index in [2.05, 4.69) is 32.4 Å². The third kappa shape index (κ3) is 5.64. The van der Waals surface area contributed by atoms with Crippen molar-refractivity contribution in [2.75, 3.05) is 11.1 Å². The molecule has 8 nitrogen and oxygen atoms in total. The Balaban J connectivity index is 1.40. The molecule has 4 rings (SSSR count). The quantitative estimate of drug-likeness (QED) is 0.243. The molecule has 0 unspecified atom stereocenters. The number of anilines is 1. The summed E-state index contributed by atoms with van der Waals surface area (Å²) in [6.45, 7) is 6.05. The highest BCUT2D eigenvalue weighted by atomic mass is 35.5. The zero-order valence-corrected chi connectivity index (χ0v) is 20.6. The number of carbonyl (C=O) groups excluding carboxylic acids is 2. The third-order valence-corrected chi connectivity index (χ3v) is 6.94. The van der Waals surface area contributed by atoms with Gasteiger partial charge in [-0.2, -0.15) is 0 Å². The summed E-state index contributed by atoms with van der Waals surface area (Å²) < 4.78 is 2.84. The number of thioether (sulfide) groups is 1. The van der Waals surface area contributed by atoms with Gasteiger partial charge in [0, 0.05) is 17.1 Å². The van der Waals surface area contributed by atoms with Gasteiger partial charge in [-0.05, 0) is 43.3 Å². The minimum absolute atomic E-state index is 0.136. The number of amides is 2. The first-order valence-electron chi connectivity index (χ1n) is 10.3. The normalized spacial score (nSPS) is 11.8. The van der Waals surface area contributed by atoms with E-state index >= 15 is 0 Å². The number of thiazole rings is 1. The molecule has 2 amide bonds. The van der Waals surface area contributed by atoms with Gasteiger partial charge in [0.15, 0.2) is 16.1 Å². The van der Waals surface area contributed by atoms with E-state index in [1.165, 1.54) is 23.1 Å². The number of aromatic nitrogens is 4. The van der Waals surface area contributed by atoms with E-state index in [0.29, 0.717) is 33.2 Å². The molecule has 0 aliphatic rings. The van der Waals surface area contributed by atoms with E-state index in [4.69, 9.17) is 11.6 Å². The number of rotatable bonds is 9. The van der Waals surface area contributed by atoms with Gasteiger partial charge >= 0.3 is 0 Å². The lowest BCUT2D eigenvalue weighted by molar-refractivity contribution is -0.113. The highest BCUT2D eigenvalue weighted by Crippen LogP contribution is 2.26. The summed E-state index contributed by atoms with van der Waals surface area (Å²) in [4.78, 5) is 29.5. The lowest BCUT2D eigenvalue weighted by Crippen LogP contribution is -2.28. The maximum atomic E-state index is 12.6. The van der Waals surface area contributed by atoms with Crippen LogP contribution in [0.3, 0.4) is 0 Å². The SMILES string of the molecule is C=CCn1c(SCC(=O)Nc2nc3ccccc3s2)nnc1[C@@H](C)NC(=O)c1ccc(Cl)cc1. The maximum Gasteiger partial charge on any atom is 0.251 e. The van der Waals surface area contributed by atoms with Crippen molar-refractivity contribution in [1.82, 2.24) is 25.1 Å². The van der Waals surface area contributed by atoms with Crippen molar-refractivity contribution in [3.63, 3.8) is 0 Å². The summed E-state index contributed by atoms with van der Waals surface area (Å²) in [5.41, 5.74) is 1.34. The monoisotopic (exact) mass is 512 g/mol. The van der Waals surface area contributed by atoms with Gasteiger partial charge in [0.1, 0.15) is 0 Å². The second-order valence-electron chi connectivity index (χ2n) is 7.27. The van der Waals surface area contributed by atoms with Gasteiger partial charge in [-0.1, -0.05) is 52.9 Å². The molecule has 0 radical (unpaired) electrons. The topological polar surface area (TPSA) is 102 Å². The van der Waals surface area contributed by atoms with Crippen molar-refractivity contribution in [2.45, 2.75) is 24.7 Å². The second-order valence-corrected chi connectivity index (χ2v) is 9.68. The van der Waals surface area contributed by atoms with Crippen molar-refractivity contribution in [3.8, 4) is 0 Å². The molecule has 0 bridgehead atoms. The predicted molar refractivity (Wildman–Crippen MR) is 137 cm³/mol. The van der Waals surface area contributed by atoms with Crippen LogP contribution in [-0.2, 0) is 11.3 Å². The zero-order chi connectivity index (χ0) is 24.1. The van der Waals surface area contributed by atoms with Crippen LogP contribution in [0.2, 0.25) is 5.02 Å². The van der Waals surface area contributed by atoms with Crippen molar-refractivity contribution in [3.05, 3.63) is 77.6 Å². The van der Waals surface area contributed by atoms with Gasteiger partial charge in [0.2, 0.25) is 5.91 Å². The summed E-state index contributed by atoms with van der Waals surface area (Å²) >= 11 is 8.58. The Bertz CT molecular complexity index is 1300. The van der Waals surface area contributed by atoms with Gasteiger partial charge < -0.3 is 15.2 Å². The van der Waals surface area contributed by atoms with Gasteiger partial charge in [-0.3, -0.25) is 9.59 Å². The highest BCUT2D eigenvalue weighted by molar-refractivity contribution is 7.99. The van der Waals surface area contributed by atoms with E-state index in [1.807, 2.05) is 35.8 Å². The zero-order valence-electron chi connectivity index (χ0n) is 18.2. The molecule has 2 heterocycles. The first-order valence-corrected chi connectivity index (χ1v) is 12.5. The smallest absolute Gasteiger partial charge is 0.251 e. The first kappa shape index (κ1) is 23.9. The molecule has 34 heavy (non-hydrogen) atoms.